The van der Waals surface area contributed by atoms with Crippen LogP contribution < -0.4 is 10.5 Å². The number of aromatic carboxylic acids is 1. The van der Waals surface area contributed by atoms with Crippen molar-refractivity contribution in [1.29, 1.82) is 5.26 Å². The molecule has 16 heavy (non-hydrogen) atoms. The minimum absolute atomic E-state index is 0.0229. The molecule has 5 nitrogen and oxygen atoms in total. The molecule has 3 N–H and O–H groups in total. The number of hydrogen-bond acceptors (Lipinski definition) is 4. The molecule has 0 aliphatic carbocycles. The Kier molecular flexibility index (Phi) is 3.72. The summed E-state index contributed by atoms with van der Waals surface area (Å²) in [5.41, 5.74) is 5.63. The Bertz CT molecular complexity index is 437. The molecule has 0 bridgehead atoms. The van der Waals surface area contributed by atoms with Crippen molar-refractivity contribution in [1.82, 2.24) is 0 Å². The molecule has 0 saturated carbocycles. The molecule has 1 atom stereocenters. The van der Waals surface area contributed by atoms with Gasteiger partial charge in [0.15, 0.2) is 6.10 Å². The second-order valence-corrected chi connectivity index (χ2v) is 3.20. The van der Waals surface area contributed by atoms with Crippen molar-refractivity contribution in [3.8, 4) is 11.8 Å². The topological polar surface area (TPSA) is 96.3 Å². The summed E-state index contributed by atoms with van der Waals surface area (Å²) in [5, 5.41) is 17.5. The number of carboxylic acids is 1. The molecule has 0 aliphatic rings. The highest BCUT2D eigenvalue weighted by Gasteiger charge is 2.11. The number of nitriles is 1. The zero-order valence-electron chi connectivity index (χ0n) is 8.80. The summed E-state index contributed by atoms with van der Waals surface area (Å²) < 4.78 is 5.28. The van der Waals surface area contributed by atoms with E-state index in [1.54, 1.807) is 6.07 Å². The lowest BCUT2D eigenvalue weighted by Crippen LogP contribution is -2.13. The fraction of sp³-hybridized carbons (Fsp3) is 0.273. The van der Waals surface area contributed by atoms with Crippen LogP contribution in [-0.4, -0.2) is 17.2 Å². The van der Waals surface area contributed by atoms with Gasteiger partial charge in [-0.2, -0.15) is 5.26 Å². The van der Waals surface area contributed by atoms with E-state index in [4.69, 9.17) is 20.8 Å². The van der Waals surface area contributed by atoms with E-state index in [-0.39, 0.29) is 11.3 Å². The summed E-state index contributed by atoms with van der Waals surface area (Å²) in [6.45, 7) is 1.81. The fourth-order valence-corrected chi connectivity index (χ4v) is 1.16. The molecule has 0 radical (unpaired) electrons. The summed E-state index contributed by atoms with van der Waals surface area (Å²) in [7, 11) is 0. The van der Waals surface area contributed by atoms with Gasteiger partial charge in [-0.3, -0.25) is 0 Å². The van der Waals surface area contributed by atoms with Crippen LogP contribution in [0.15, 0.2) is 18.2 Å². The molecular formula is C11H12N2O3. The number of nitrogen functional groups attached to an aromatic ring is 1. The third-order valence-electron chi connectivity index (χ3n) is 2.05. The van der Waals surface area contributed by atoms with Crippen LogP contribution in [-0.2, 0) is 0 Å². The molecule has 1 aromatic rings. The number of carbonyl (C=O) groups is 1. The Labute approximate surface area is 93.1 Å². The number of carboxylic acid groups (broad SMARTS) is 1. The first-order valence-corrected chi connectivity index (χ1v) is 4.77. The average Bonchev–Trinajstić information content (AvgIpc) is 2.27. The van der Waals surface area contributed by atoms with Gasteiger partial charge in [0.1, 0.15) is 11.8 Å². The number of nitrogens with zero attached hydrogens (tertiary/aromatic N) is 1. The van der Waals surface area contributed by atoms with E-state index in [0.29, 0.717) is 12.2 Å². The van der Waals surface area contributed by atoms with Crippen LogP contribution in [0.3, 0.4) is 0 Å². The SMILES string of the molecule is CCC(C#N)Oc1ccc(N)c(C(=O)O)c1. The molecule has 0 saturated heterocycles. The van der Waals surface area contributed by atoms with Gasteiger partial charge in [0.05, 0.1) is 5.56 Å². The molecule has 1 aromatic carbocycles. The van der Waals surface area contributed by atoms with Gasteiger partial charge in [-0.05, 0) is 24.6 Å². The molecule has 84 valence electrons. The maximum atomic E-state index is 10.8. The minimum atomic E-state index is -1.12. The van der Waals surface area contributed by atoms with E-state index >= 15 is 0 Å². The Morgan fingerprint density at radius 2 is 2.38 bits per heavy atom. The highest BCUT2D eigenvalue weighted by molar-refractivity contribution is 5.94. The molecule has 0 aromatic heterocycles. The highest BCUT2D eigenvalue weighted by Crippen LogP contribution is 2.21. The maximum absolute atomic E-state index is 10.8. The predicted molar refractivity (Wildman–Crippen MR) is 58.1 cm³/mol. The molecular weight excluding hydrogens is 208 g/mol. The van der Waals surface area contributed by atoms with Crippen molar-refractivity contribution >= 4 is 11.7 Å². The smallest absolute Gasteiger partial charge is 0.337 e. The quantitative estimate of drug-likeness (QED) is 0.752. The zero-order valence-corrected chi connectivity index (χ0v) is 8.80. The summed E-state index contributed by atoms with van der Waals surface area (Å²) in [6, 6.07) is 6.27. The van der Waals surface area contributed by atoms with E-state index in [2.05, 4.69) is 0 Å². The number of benzene rings is 1. The molecule has 0 heterocycles. The van der Waals surface area contributed by atoms with Gasteiger partial charge in [-0.25, -0.2) is 4.79 Å². The molecule has 1 unspecified atom stereocenters. The van der Waals surface area contributed by atoms with Crippen molar-refractivity contribution in [3.05, 3.63) is 23.8 Å². The van der Waals surface area contributed by atoms with Crippen LogP contribution in [0, 0.1) is 11.3 Å². The van der Waals surface area contributed by atoms with Gasteiger partial charge in [-0.15, -0.1) is 0 Å². The maximum Gasteiger partial charge on any atom is 0.337 e. The normalized spacial score (nSPS) is 11.5. The zero-order chi connectivity index (χ0) is 12.1. The van der Waals surface area contributed by atoms with Gasteiger partial charge >= 0.3 is 5.97 Å². The van der Waals surface area contributed by atoms with Crippen molar-refractivity contribution in [3.63, 3.8) is 0 Å². The van der Waals surface area contributed by atoms with E-state index in [9.17, 15) is 4.79 Å². The summed E-state index contributed by atoms with van der Waals surface area (Å²) in [6.07, 6.45) is -0.0474. The van der Waals surface area contributed by atoms with Gasteiger partial charge in [0, 0.05) is 5.69 Å². The fourth-order valence-electron chi connectivity index (χ4n) is 1.16. The number of hydrogen-bond donors (Lipinski definition) is 2. The van der Waals surface area contributed by atoms with E-state index in [1.165, 1.54) is 12.1 Å². The highest BCUT2D eigenvalue weighted by atomic mass is 16.5. The first kappa shape index (κ1) is 11.9. The van der Waals surface area contributed by atoms with Crippen LogP contribution in [0.1, 0.15) is 23.7 Å². The average molecular weight is 220 g/mol. The molecule has 0 fully saturated rings. The monoisotopic (exact) mass is 220 g/mol. The molecule has 0 spiro atoms. The number of anilines is 1. The Morgan fingerprint density at radius 1 is 1.69 bits per heavy atom. The largest absolute Gasteiger partial charge is 0.478 e. The van der Waals surface area contributed by atoms with Crippen molar-refractivity contribution in [2.75, 3.05) is 5.73 Å². The van der Waals surface area contributed by atoms with Crippen LogP contribution in [0.5, 0.6) is 5.75 Å². The van der Waals surface area contributed by atoms with Crippen LogP contribution >= 0.6 is 0 Å². The first-order chi connectivity index (χ1) is 7.58. The lowest BCUT2D eigenvalue weighted by Gasteiger charge is -2.11. The number of ether oxygens (including phenoxy) is 1. The van der Waals surface area contributed by atoms with E-state index < -0.39 is 12.1 Å². The van der Waals surface area contributed by atoms with Crippen molar-refractivity contribution in [2.24, 2.45) is 0 Å². The van der Waals surface area contributed by atoms with Gasteiger partial charge in [-0.1, -0.05) is 6.92 Å². The van der Waals surface area contributed by atoms with Crippen LogP contribution in [0.25, 0.3) is 0 Å². The van der Waals surface area contributed by atoms with Gasteiger partial charge < -0.3 is 15.6 Å². The second kappa shape index (κ2) is 5.03. The Hall–Kier alpha value is -2.22. The summed E-state index contributed by atoms with van der Waals surface area (Å²) in [4.78, 5) is 10.8. The summed E-state index contributed by atoms with van der Waals surface area (Å²) in [5.74, 6) is -0.784. The number of nitrogens with two attached hydrogens (primary N) is 1. The van der Waals surface area contributed by atoms with E-state index in [0.717, 1.165) is 0 Å². The van der Waals surface area contributed by atoms with Gasteiger partial charge in [0.2, 0.25) is 0 Å². The standard InChI is InChI=1S/C11H12N2O3/c1-2-7(6-12)16-8-3-4-10(13)9(5-8)11(14)15/h3-5,7H,2,13H2,1H3,(H,14,15). The molecule has 0 amide bonds. The first-order valence-electron chi connectivity index (χ1n) is 4.77. The second-order valence-electron chi connectivity index (χ2n) is 3.20. The van der Waals surface area contributed by atoms with Gasteiger partial charge in [0.25, 0.3) is 0 Å². The third kappa shape index (κ3) is 2.64. The minimum Gasteiger partial charge on any atom is -0.478 e. The molecule has 1 rings (SSSR count). The lowest BCUT2D eigenvalue weighted by atomic mass is 10.1. The van der Waals surface area contributed by atoms with E-state index in [1.807, 2.05) is 13.0 Å². The molecule has 5 heteroatoms. The predicted octanol–water partition coefficient (Wildman–Crippen LogP) is 1.65. The third-order valence-corrected chi connectivity index (χ3v) is 2.05. The lowest BCUT2D eigenvalue weighted by molar-refractivity contribution is 0.0697. The van der Waals surface area contributed by atoms with Crippen LogP contribution in [0.4, 0.5) is 5.69 Å². The number of rotatable bonds is 4. The Morgan fingerprint density at radius 3 is 2.88 bits per heavy atom. The molecule has 0 aliphatic heterocycles. The van der Waals surface area contributed by atoms with Crippen LogP contribution in [0.2, 0.25) is 0 Å². The van der Waals surface area contributed by atoms with Crippen molar-refractivity contribution in [2.45, 2.75) is 19.4 Å². The van der Waals surface area contributed by atoms with Crippen molar-refractivity contribution < 1.29 is 14.6 Å². The Balaban J connectivity index is 2.96. The summed E-state index contributed by atoms with van der Waals surface area (Å²) >= 11 is 0.